The molecule has 3 rings (SSSR count). The summed E-state index contributed by atoms with van der Waals surface area (Å²) in [7, 11) is 0. The highest BCUT2D eigenvalue weighted by atomic mass is 19.1. The lowest BCUT2D eigenvalue weighted by molar-refractivity contribution is -0.917. The van der Waals surface area contributed by atoms with Gasteiger partial charge in [0, 0.05) is 23.4 Å². The lowest BCUT2D eigenvalue weighted by Gasteiger charge is -2.37. The lowest BCUT2D eigenvalue weighted by Crippen LogP contribution is -3.13. The summed E-state index contributed by atoms with van der Waals surface area (Å²) in [5.41, 5.74) is 1.07. The number of carboxylic acids is 1. The van der Waals surface area contributed by atoms with Crippen molar-refractivity contribution in [1.29, 1.82) is 0 Å². The second-order valence-electron chi connectivity index (χ2n) is 6.85. The number of piperazine rings is 1. The summed E-state index contributed by atoms with van der Waals surface area (Å²) in [6.07, 6.45) is 4.54. The van der Waals surface area contributed by atoms with Gasteiger partial charge in [-0.2, -0.15) is 0 Å². The van der Waals surface area contributed by atoms with Crippen LogP contribution in [-0.4, -0.2) is 43.0 Å². The lowest BCUT2D eigenvalue weighted by atomic mass is 9.82. The van der Waals surface area contributed by atoms with E-state index in [2.05, 4.69) is 0 Å². The van der Waals surface area contributed by atoms with Crippen molar-refractivity contribution < 1.29 is 24.0 Å². The number of nitrogens with zero attached hydrogens (tertiary/aromatic N) is 1. The number of quaternary nitrogens is 1. The van der Waals surface area contributed by atoms with E-state index in [1.54, 1.807) is 17.0 Å². The number of hydrogen-bond donors (Lipinski definition) is 1. The first-order valence-electron chi connectivity index (χ1n) is 8.77. The van der Waals surface area contributed by atoms with Crippen molar-refractivity contribution in [2.75, 3.05) is 26.2 Å². The molecule has 1 N–H and O–H groups in total. The number of halogens is 1. The van der Waals surface area contributed by atoms with Gasteiger partial charge in [0.05, 0.1) is 26.2 Å². The molecule has 0 aromatic heterocycles. The topological polar surface area (TPSA) is 64.9 Å². The van der Waals surface area contributed by atoms with Gasteiger partial charge in [0.25, 0.3) is 0 Å². The summed E-state index contributed by atoms with van der Waals surface area (Å²) < 4.78 is 13.0. The fraction of sp³-hybridized carbons (Fsp3) is 0.474. The largest absolute Gasteiger partial charge is 0.550 e. The second kappa shape index (κ2) is 7.78. The molecule has 6 heteroatoms. The molecule has 0 radical (unpaired) electrons. The van der Waals surface area contributed by atoms with Crippen molar-refractivity contribution >= 4 is 11.9 Å². The third-order valence-corrected chi connectivity index (χ3v) is 5.20. The molecule has 1 amide bonds. The minimum Gasteiger partial charge on any atom is -0.550 e. The van der Waals surface area contributed by atoms with Gasteiger partial charge in [0.2, 0.25) is 5.91 Å². The minimum absolute atomic E-state index is 0.0700. The molecule has 1 fully saturated rings. The number of carbonyl (C=O) groups excluding carboxylic acids is 2. The van der Waals surface area contributed by atoms with Crippen LogP contribution in [0.25, 0.3) is 0 Å². The van der Waals surface area contributed by atoms with Gasteiger partial charge in [-0.1, -0.05) is 24.3 Å². The van der Waals surface area contributed by atoms with Gasteiger partial charge >= 0.3 is 0 Å². The number of carboxylic acid groups (broad SMARTS) is 1. The van der Waals surface area contributed by atoms with Gasteiger partial charge in [-0.15, -0.1) is 0 Å². The molecule has 0 spiro atoms. The Balaban J connectivity index is 1.54. The van der Waals surface area contributed by atoms with Crippen LogP contribution in [-0.2, 0) is 16.1 Å². The Bertz CT molecular complexity index is 651. The zero-order valence-corrected chi connectivity index (χ0v) is 14.1. The van der Waals surface area contributed by atoms with Crippen LogP contribution in [0.2, 0.25) is 0 Å². The number of rotatable bonds is 4. The number of carbonyl (C=O) groups is 2. The van der Waals surface area contributed by atoms with E-state index < -0.39 is 17.8 Å². The zero-order valence-electron chi connectivity index (χ0n) is 14.1. The summed E-state index contributed by atoms with van der Waals surface area (Å²) in [6, 6.07) is 6.51. The Morgan fingerprint density at radius 1 is 1.08 bits per heavy atom. The Morgan fingerprint density at radius 3 is 2.28 bits per heavy atom. The van der Waals surface area contributed by atoms with Crippen LogP contribution in [0.3, 0.4) is 0 Å². The molecule has 2 atom stereocenters. The molecule has 1 aromatic rings. The molecular formula is C19H23FN2O3. The van der Waals surface area contributed by atoms with Crippen LogP contribution >= 0.6 is 0 Å². The minimum atomic E-state index is -1.14. The van der Waals surface area contributed by atoms with Gasteiger partial charge < -0.3 is 19.7 Å². The number of amides is 1. The Kier molecular flexibility index (Phi) is 5.48. The quantitative estimate of drug-likeness (QED) is 0.740. The predicted octanol–water partition coefficient (Wildman–Crippen LogP) is -0.615. The maximum Gasteiger partial charge on any atom is 0.227 e. The van der Waals surface area contributed by atoms with Crippen molar-refractivity contribution in [1.82, 2.24) is 4.90 Å². The summed E-state index contributed by atoms with van der Waals surface area (Å²) in [4.78, 5) is 27.1. The highest BCUT2D eigenvalue weighted by Crippen LogP contribution is 2.27. The number of allylic oxidation sites excluding steroid dienone is 2. The van der Waals surface area contributed by atoms with Gasteiger partial charge in [0.15, 0.2) is 0 Å². The average Bonchev–Trinajstić information content (AvgIpc) is 2.63. The third-order valence-electron chi connectivity index (χ3n) is 5.20. The SMILES string of the molecule is O=C([O-])[C@H]1CC=CC[C@H]1C(=O)N1CC[NH+](Cc2ccc(F)cc2)CC1. The van der Waals surface area contributed by atoms with E-state index in [1.807, 2.05) is 12.2 Å². The third kappa shape index (κ3) is 4.25. The van der Waals surface area contributed by atoms with Gasteiger partial charge in [-0.25, -0.2) is 4.39 Å². The highest BCUT2D eigenvalue weighted by molar-refractivity contribution is 5.84. The molecule has 134 valence electrons. The average molecular weight is 346 g/mol. The number of benzene rings is 1. The van der Waals surface area contributed by atoms with Crippen LogP contribution in [0, 0.1) is 17.7 Å². The van der Waals surface area contributed by atoms with Crippen LogP contribution in [0.5, 0.6) is 0 Å². The van der Waals surface area contributed by atoms with Gasteiger partial charge in [0.1, 0.15) is 12.4 Å². The van der Waals surface area contributed by atoms with Crippen LogP contribution in [0.15, 0.2) is 36.4 Å². The van der Waals surface area contributed by atoms with Crippen molar-refractivity contribution in [3.63, 3.8) is 0 Å². The first kappa shape index (κ1) is 17.6. The number of aliphatic carboxylic acids is 1. The molecule has 0 unspecified atom stereocenters. The second-order valence-corrected chi connectivity index (χ2v) is 6.85. The van der Waals surface area contributed by atoms with E-state index in [-0.39, 0.29) is 11.7 Å². The maximum atomic E-state index is 13.0. The molecule has 1 aliphatic heterocycles. The summed E-state index contributed by atoms with van der Waals surface area (Å²) in [6.45, 7) is 3.66. The van der Waals surface area contributed by atoms with Gasteiger partial charge in [-0.3, -0.25) is 4.79 Å². The predicted molar refractivity (Wildman–Crippen MR) is 87.7 cm³/mol. The molecule has 25 heavy (non-hydrogen) atoms. The monoisotopic (exact) mass is 346 g/mol. The summed E-state index contributed by atoms with van der Waals surface area (Å²) in [5.74, 6) is -2.67. The molecule has 1 aromatic carbocycles. The Morgan fingerprint density at radius 2 is 1.68 bits per heavy atom. The van der Waals surface area contributed by atoms with Crippen LogP contribution in [0.4, 0.5) is 4.39 Å². The van der Waals surface area contributed by atoms with Crippen molar-refractivity contribution in [2.45, 2.75) is 19.4 Å². The highest BCUT2D eigenvalue weighted by Gasteiger charge is 2.34. The molecular weight excluding hydrogens is 323 g/mol. The van der Waals surface area contributed by atoms with E-state index in [0.29, 0.717) is 25.9 Å². The van der Waals surface area contributed by atoms with E-state index in [1.165, 1.54) is 17.0 Å². The molecule has 1 aliphatic carbocycles. The summed E-state index contributed by atoms with van der Waals surface area (Å²) >= 11 is 0. The molecule has 1 saturated heterocycles. The van der Waals surface area contributed by atoms with E-state index in [9.17, 15) is 19.1 Å². The van der Waals surface area contributed by atoms with Crippen LogP contribution < -0.4 is 10.0 Å². The Labute approximate surface area is 146 Å². The van der Waals surface area contributed by atoms with E-state index >= 15 is 0 Å². The fourth-order valence-corrected chi connectivity index (χ4v) is 3.69. The van der Waals surface area contributed by atoms with Crippen molar-refractivity contribution in [3.05, 3.63) is 47.8 Å². The molecule has 0 saturated carbocycles. The maximum absolute atomic E-state index is 13.0. The molecule has 0 bridgehead atoms. The first-order chi connectivity index (χ1) is 12.0. The Hall–Kier alpha value is -2.21. The smallest absolute Gasteiger partial charge is 0.227 e. The van der Waals surface area contributed by atoms with Crippen molar-refractivity contribution in [3.8, 4) is 0 Å². The molecule has 2 aliphatic rings. The molecule has 5 nitrogen and oxygen atoms in total. The van der Waals surface area contributed by atoms with Crippen molar-refractivity contribution in [2.24, 2.45) is 11.8 Å². The molecule has 1 heterocycles. The van der Waals surface area contributed by atoms with Crippen LogP contribution in [0.1, 0.15) is 18.4 Å². The fourth-order valence-electron chi connectivity index (χ4n) is 3.69. The number of hydrogen-bond acceptors (Lipinski definition) is 3. The normalized spacial score (nSPS) is 24.3. The first-order valence-corrected chi connectivity index (χ1v) is 8.77. The number of nitrogens with one attached hydrogen (secondary N) is 1. The summed E-state index contributed by atoms with van der Waals surface area (Å²) in [5, 5.41) is 11.3. The van der Waals surface area contributed by atoms with E-state index in [4.69, 9.17) is 0 Å². The van der Waals surface area contributed by atoms with E-state index in [0.717, 1.165) is 25.2 Å². The standard InChI is InChI=1S/C19H23FN2O3/c20-15-7-5-14(6-8-15)13-21-9-11-22(12-10-21)18(23)16-3-1-2-4-17(16)19(24)25/h1-2,5-8,16-17H,3-4,9-13H2,(H,24,25)/t16-,17+/m1/s1. The van der Waals surface area contributed by atoms with Gasteiger partial charge in [-0.05, 0) is 25.0 Å². The zero-order chi connectivity index (χ0) is 17.8.